The number of ketones is 1. The summed E-state index contributed by atoms with van der Waals surface area (Å²) in [6.45, 7) is 3.98. The van der Waals surface area contributed by atoms with Gasteiger partial charge in [0.05, 0.1) is 12.7 Å². The molecule has 1 N–H and O–H groups in total. The number of nitrogens with one attached hydrogen (secondary N) is 1. The van der Waals surface area contributed by atoms with Gasteiger partial charge < -0.3 is 10.1 Å². The van der Waals surface area contributed by atoms with Crippen LogP contribution in [-0.4, -0.2) is 49.1 Å². The summed E-state index contributed by atoms with van der Waals surface area (Å²) in [6.07, 6.45) is 6.16. The first-order chi connectivity index (χ1) is 8.31. The Morgan fingerprint density at radius 3 is 3.24 bits per heavy atom. The third-order valence-corrected chi connectivity index (χ3v) is 3.99. The molecular weight excluding hydrogens is 216 g/mol. The molecule has 4 nitrogen and oxygen atoms in total. The molecule has 2 unspecified atom stereocenters. The first-order valence-corrected chi connectivity index (χ1v) is 6.64. The van der Waals surface area contributed by atoms with Crippen LogP contribution in [-0.2, 0) is 9.53 Å². The first-order valence-electron chi connectivity index (χ1n) is 6.64. The van der Waals surface area contributed by atoms with Crippen LogP contribution in [0.5, 0.6) is 0 Å². The standard InChI is InChI=1S/C13H20N2O2/c16-12-4-3-10(6-12)14-7-13-8-15-5-1-2-11(15)9-17-13/h6,11,13-14H,1-5,7-9H2. The monoisotopic (exact) mass is 236 g/mol. The molecule has 0 bridgehead atoms. The molecule has 2 aliphatic heterocycles. The van der Waals surface area contributed by atoms with E-state index in [1.165, 1.54) is 19.4 Å². The molecule has 3 aliphatic rings. The second-order valence-electron chi connectivity index (χ2n) is 5.26. The fourth-order valence-corrected chi connectivity index (χ4v) is 2.99. The van der Waals surface area contributed by atoms with Gasteiger partial charge in [-0.1, -0.05) is 0 Å². The molecule has 2 atom stereocenters. The SMILES string of the molecule is O=C1C=C(NCC2CN3CCCC3CO2)CC1. The second kappa shape index (κ2) is 4.78. The molecule has 4 heteroatoms. The normalized spacial score (nSPS) is 33.6. The van der Waals surface area contributed by atoms with Crippen molar-refractivity contribution in [2.24, 2.45) is 0 Å². The van der Waals surface area contributed by atoms with E-state index in [4.69, 9.17) is 4.74 Å². The molecule has 0 aromatic heterocycles. The van der Waals surface area contributed by atoms with E-state index in [1.54, 1.807) is 6.08 Å². The highest BCUT2D eigenvalue weighted by molar-refractivity contribution is 5.92. The van der Waals surface area contributed by atoms with Crippen molar-refractivity contribution in [3.8, 4) is 0 Å². The number of morpholine rings is 1. The Balaban J connectivity index is 1.46. The van der Waals surface area contributed by atoms with E-state index >= 15 is 0 Å². The number of hydrogen-bond donors (Lipinski definition) is 1. The number of allylic oxidation sites excluding steroid dienone is 2. The Morgan fingerprint density at radius 2 is 2.41 bits per heavy atom. The zero-order valence-corrected chi connectivity index (χ0v) is 10.2. The van der Waals surface area contributed by atoms with Crippen molar-refractivity contribution in [1.29, 1.82) is 0 Å². The zero-order valence-electron chi connectivity index (χ0n) is 10.2. The van der Waals surface area contributed by atoms with E-state index in [-0.39, 0.29) is 11.9 Å². The van der Waals surface area contributed by atoms with Gasteiger partial charge in [-0.2, -0.15) is 0 Å². The minimum absolute atomic E-state index is 0.247. The van der Waals surface area contributed by atoms with Crippen molar-refractivity contribution in [2.45, 2.75) is 37.8 Å². The van der Waals surface area contributed by atoms with Gasteiger partial charge in [-0.05, 0) is 25.8 Å². The van der Waals surface area contributed by atoms with Crippen molar-refractivity contribution >= 4 is 5.78 Å². The highest BCUT2D eigenvalue weighted by Gasteiger charge is 2.32. The highest BCUT2D eigenvalue weighted by atomic mass is 16.5. The minimum atomic E-state index is 0.247. The highest BCUT2D eigenvalue weighted by Crippen LogP contribution is 2.22. The van der Waals surface area contributed by atoms with Crippen molar-refractivity contribution in [3.63, 3.8) is 0 Å². The largest absolute Gasteiger partial charge is 0.386 e. The summed E-state index contributed by atoms with van der Waals surface area (Å²) in [7, 11) is 0. The molecule has 1 aliphatic carbocycles. The molecule has 2 saturated heterocycles. The fraction of sp³-hybridized carbons (Fsp3) is 0.769. The summed E-state index contributed by atoms with van der Waals surface area (Å²) in [5.41, 5.74) is 1.09. The number of carbonyl (C=O) groups is 1. The molecule has 0 spiro atoms. The molecule has 3 rings (SSSR count). The first kappa shape index (κ1) is 11.2. The lowest BCUT2D eigenvalue weighted by molar-refractivity contribution is -0.114. The van der Waals surface area contributed by atoms with Crippen molar-refractivity contribution < 1.29 is 9.53 Å². The Hall–Kier alpha value is -0.870. The van der Waals surface area contributed by atoms with Crippen LogP contribution in [0.4, 0.5) is 0 Å². The van der Waals surface area contributed by atoms with Crippen LogP contribution in [0.2, 0.25) is 0 Å². The van der Waals surface area contributed by atoms with E-state index in [2.05, 4.69) is 10.2 Å². The third-order valence-electron chi connectivity index (χ3n) is 3.99. The number of carbonyl (C=O) groups excluding carboxylic acids is 1. The van der Waals surface area contributed by atoms with Gasteiger partial charge in [0, 0.05) is 37.3 Å². The maximum atomic E-state index is 11.1. The van der Waals surface area contributed by atoms with E-state index in [0.29, 0.717) is 12.5 Å². The van der Waals surface area contributed by atoms with E-state index in [0.717, 1.165) is 31.8 Å². The van der Waals surface area contributed by atoms with E-state index in [1.807, 2.05) is 0 Å². The molecule has 0 aromatic rings. The van der Waals surface area contributed by atoms with Gasteiger partial charge in [-0.15, -0.1) is 0 Å². The van der Waals surface area contributed by atoms with Crippen LogP contribution in [0.25, 0.3) is 0 Å². The molecular formula is C13H20N2O2. The van der Waals surface area contributed by atoms with Gasteiger partial charge in [-0.25, -0.2) is 0 Å². The number of rotatable bonds is 3. The molecule has 0 amide bonds. The topological polar surface area (TPSA) is 41.6 Å². The van der Waals surface area contributed by atoms with Crippen LogP contribution in [0, 0.1) is 0 Å². The predicted molar refractivity (Wildman–Crippen MR) is 64.7 cm³/mol. The van der Waals surface area contributed by atoms with Crippen molar-refractivity contribution in [3.05, 3.63) is 11.8 Å². The van der Waals surface area contributed by atoms with Gasteiger partial charge in [0.2, 0.25) is 0 Å². The molecule has 2 heterocycles. The Morgan fingerprint density at radius 1 is 1.47 bits per heavy atom. The van der Waals surface area contributed by atoms with Crippen LogP contribution >= 0.6 is 0 Å². The summed E-state index contributed by atoms with van der Waals surface area (Å²) in [5.74, 6) is 0.247. The molecule has 17 heavy (non-hydrogen) atoms. The molecule has 94 valence electrons. The van der Waals surface area contributed by atoms with Gasteiger partial charge in [0.1, 0.15) is 0 Å². The van der Waals surface area contributed by atoms with E-state index in [9.17, 15) is 4.79 Å². The number of hydrogen-bond acceptors (Lipinski definition) is 4. The van der Waals surface area contributed by atoms with Gasteiger partial charge >= 0.3 is 0 Å². The number of fused-ring (bicyclic) bond motifs is 1. The van der Waals surface area contributed by atoms with Crippen molar-refractivity contribution in [1.82, 2.24) is 10.2 Å². The lowest BCUT2D eigenvalue weighted by Gasteiger charge is -2.35. The predicted octanol–water partition coefficient (Wildman–Crippen LogP) is 0.686. The van der Waals surface area contributed by atoms with Gasteiger partial charge in [0.15, 0.2) is 5.78 Å². The average Bonchev–Trinajstić information content (AvgIpc) is 2.94. The minimum Gasteiger partial charge on any atom is -0.386 e. The summed E-state index contributed by atoms with van der Waals surface area (Å²) < 4.78 is 5.86. The number of nitrogens with zero attached hydrogens (tertiary/aromatic N) is 1. The van der Waals surface area contributed by atoms with Crippen LogP contribution < -0.4 is 5.32 Å². The Bertz CT molecular complexity index is 340. The van der Waals surface area contributed by atoms with E-state index < -0.39 is 0 Å². The van der Waals surface area contributed by atoms with Gasteiger partial charge in [-0.3, -0.25) is 9.69 Å². The summed E-state index contributed by atoms with van der Waals surface area (Å²) >= 11 is 0. The summed E-state index contributed by atoms with van der Waals surface area (Å²) in [4.78, 5) is 13.6. The zero-order chi connectivity index (χ0) is 11.7. The quantitative estimate of drug-likeness (QED) is 0.782. The van der Waals surface area contributed by atoms with Crippen LogP contribution in [0.15, 0.2) is 11.8 Å². The average molecular weight is 236 g/mol. The number of ether oxygens (including phenoxy) is 1. The summed E-state index contributed by atoms with van der Waals surface area (Å²) in [6, 6.07) is 0.665. The lowest BCUT2D eigenvalue weighted by Crippen LogP contribution is -2.49. The maximum absolute atomic E-state index is 11.1. The lowest BCUT2D eigenvalue weighted by atomic mass is 10.2. The smallest absolute Gasteiger partial charge is 0.157 e. The van der Waals surface area contributed by atoms with Crippen molar-refractivity contribution in [2.75, 3.05) is 26.2 Å². The third kappa shape index (κ3) is 2.53. The fourth-order valence-electron chi connectivity index (χ4n) is 2.99. The molecule has 0 saturated carbocycles. The summed E-state index contributed by atoms with van der Waals surface area (Å²) in [5, 5.41) is 3.35. The van der Waals surface area contributed by atoms with Gasteiger partial charge in [0.25, 0.3) is 0 Å². The molecule has 0 radical (unpaired) electrons. The molecule has 2 fully saturated rings. The maximum Gasteiger partial charge on any atom is 0.157 e. The Labute approximate surface area is 102 Å². The second-order valence-corrected chi connectivity index (χ2v) is 5.26. The Kier molecular flexibility index (Phi) is 3.16. The molecule has 0 aromatic carbocycles. The van der Waals surface area contributed by atoms with Crippen LogP contribution in [0.1, 0.15) is 25.7 Å². The van der Waals surface area contributed by atoms with Crippen LogP contribution in [0.3, 0.4) is 0 Å².